The number of halogens is 1. The molecule has 0 saturated heterocycles. The van der Waals surface area contributed by atoms with Gasteiger partial charge in [-0.2, -0.15) is 0 Å². The van der Waals surface area contributed by atoms with Gasteiger partial charge in [0, 0.05) is 6.42 Å². The van der Waals surface area contributed by atoms with E-state index in [1.165, 1.54) is 0 Å². The van der Waals surface area contributed by atoms with Gasteiger partial charge in [-0.1, -0.05) is 0 Å². The zero-order valence-corrected chi connectivity index (χ0v) is 6.96. The minimum absolute atomic E-state index is 0.154. The second kappa shape index (κ2) is 2.79. The molecule has 3 heteroatoms. The quantitative estimate of drug-likeness (QED) is 0.640. The number of hydrogen-bond acceptors (Lipinski definition) is 2. The second-order valence-corrected chi connectivity index (χ2v) is 3.21. The molecule has 1 atom stereocenters. The first-order chi connectivity index (χ1) is 4.20. The number of carbonyl (C=O) groups is 1. The fourth-order valence-electron chi connectivity index (χ4n) is 0.744. The summed E-state index contributed by atoms with van der Waals surface area (Å²) in [5.74, 6) is 0.154. The minimum Gasteiger partial charge on any atom is -0.389 e. The van der Waals surface area contributed by atoms with E-state index in [0.29, 0.717) is 16.4 Å². The smallest absolute Gasteiger partial charge is 0.168 e. The van der Waals surface area contributed by atoms with Gasteiger partial charge >= 0.3 is 0 Å². The number of aliphatic hydroxyl groups is 1. The summed E-state index contributed by atoms with van der Waals surface area (Å²) in [5.41, 5.74) is 0. The number of hydrogen-bond donors (Lipinski definition) is 1. The van der Waals surface area contributed by atoms with E-state index in [1.807, 2.05) is 22.6 Å². The maximum Gasteiger partial charge on any atom is 0.168 e. The van der Waals surface area contributed by atoms with E-state index >= 15 is 0 Å². The standard InChI is InChI=1S/C6H7IO2/c7-5-3-4(8)1-2-6(5)9/h3-4,8H,1-2H2. The van der Waals surface area contributed by atoms with Crippen LogP contribution in [-0.4, -0.2) is 17.0 Å². The molecule has 1 N–H and O–H groups in total. The van der Waals surface area contributed by atoms with Gasteiger partial charge in [0.15, 0.2) is 5.78 Å². The van der Waals surface area contributed by atoms with E-state index in [1.54, 1.807) is 6.08 Å². The predicted molar refractivity (Wildman–Crippen MR) is 42.4 cm³/mol. The van der Waals surface area contributed by atoms with E-state index in [9.17, 15) is 4.79 Å². The van der Waals surface area contributed by atoms with E-state index in [4.69, 9.17) is 5.11 Å². The molecule has 0 heterocycles. The first-order valence-corrected chi connectivity index (χ1v) is 3.86. The van der Waals surface area contributed by atoms with Crippen LogP contribution in [0.4, 0.5) is 0 Å². The van der Waals surface area contributed by atoms with Gasteiger partial charge in [0.1, 0.15) is 0 Å². The molecular weight excluding hydrogens is 231 g/mol. The van der Waals surface area contributed by atoms with Gasteiger partial charge in [-0.05, 0) is 35.1 Å². The number of Topliss-reactive ketones (excluding diaryl/α,β-unsaturated/α-hetero) is 1. The van der Waals surface area contributed by atoms with Crippen LogP contribution in [0.25, 0.3) is 0 Å². The lowest BCUT2D eigenvalue weighted by atomic mass is 10.0. The fraction of sp³-hybridized carbons (Fsp3) is 0.500. The first-order valence-electron chi connectivity index (χ1n) is 2.79. The average molecular weight is 238 g/mol. The van der Waals surface area contributed by atoms with Crippen molar-refractivity contribution in [2.45, 2.75) is 18.9 Å². The molecule has 2 nitrogen and oxygen atoms in total. The Hall–Kier alpha value is 0.100. The highest BCUT2D eigenvalue weighted by Gasteiger charge is 2.15. The molecule has 0 aromatic carbocycles. The Morgan fingerprint density at radius 2 is 2.44 bits per heavy atom. The zero-order chi connectivity index (χ0) is 6.85. The Morgan fingerprint density at radius 1 is 1.78 bits per heavy atom. The Bertz CT molecular complexity index is 162. The van der Waals surface area contributed by atoms with E-state index in [2.05, 4.69) is 0 Å². The molecule has 0 fully saturated rings. The Morgan fingerprint density at radius 3 is 2.89 bits per heavy atom. The molecule has 0 spiro atoms. The third-order valence-corrected chi connectivity index (χ3v) is 2.23. The van der Waals surface area contributed by atoms with Crippen molar-refractivity contribution in [2.75, 3.05) is 0 Å². The minimum atomic E-state index is -0.394. The molecule has 0 aromatic heterocycles. The summed E-state index contributed by atoms with van der Waals surface area (Å²) in [7, 11) is 0. The molecule has 1 aliphatic rings. The lowest BCUT2D eigenvalue weighted by Gasteiger charge is -2.10. The molecule has 9 heavy (non-hydrogen) atoms. The van der Waals surface area contributed by atoms with Crippen molar-refractivity contribution < 1.29 is 9.90 Å². The lowest BCUT2D eigenvalue weighted by molar-refractivity contribution is -0.115. The predicted octanol–water partition coefficient (Wildman–Crippen LogP) is 1.03. The van der Waals surface area contributed by atoms with Crippen molar-refractivity contribution in [3.8, 4) is 0 Å². The molecule has 0 radical (unpaired) electrons. The number of carbonyl (C=O) groups excluding carboxylic acids is 1. The van der Waals surface area contributed by atoms with Crippen molar-refractivity contribution >= 4 is 28.4 Å². The topological polar surface area (TPSA) is 37.3 Å². The molecule has 0 amide bonds. The number of allylic oxidation sites excluding steroid dienone is 1. The summed E-state index contributed by atoms with van der Waals surface area (Å²) < 4.78 is 0.673. The van der Waals surface area contributed by atoms with E-state index < -0.39 is 6.10 Å². The van der Waals surface area contributed by atoms with Gasteiger partial charge in [0.05, 0.1) is 9.68 Å². The molecule has 0 aromatic rings. The largest absolute Gasteiger partial charge is 0.389 e. The van der Waals surface area contributed by atoms with Crippen molar-refractivity contribution in [1.29, 1.82) is 0 Å². The molecule has 0 bridgehead atoms. The number of rotatable bonds is 0. The molecule has 0 aliphatic heterocycles. The SMILES string of the molecule is O=C1CCC(O)C=C1I. The summed E-state index contributed by atoms with van der Waals surface area (Å²) in [6, 6.07) is 0. The van der Waals surface area contributed by atoms with Crippen molar-refractivity contribution in [2.24, 2.45) is 0 Å². The molecule has 1 rings (SSSR count). The highest BCUT2D eigenvalue weighted by molar-refractivity contribution is 14.1. The molecule has 1 aliphatic carbocycles. The van der Waals surface area contributed by atoms with Crippen LogP contribution >= 0.6 is 22.6 Å². The summed E-state index contributed by atoms with van der Waals surface area (Å²) in [4.78, 5) is 10.8. The van der Waals surface area contributed by atoms with Crippen LogP contribution in [0.2, 0.25) is 0 Å². The van der Waals surface area contributed by atoms with Crippen LogP contribution in [0.15, 0.2) is 9.66 Å². The van der Waals surface area contributed by atoms with Crippen molar-refractivity contribution in [1.82, 2.24) is 0 Å². The summed E-state index contributed by atoms with van der Waals surface area (Å²) in [6.45, 7) is 0. The summed E-state index contributed by atoms with van der Waals surface area (Å²) in [6.07, 6.45) is 2.29. The van der Waals surface area contributed by atoms with Gasteiger partial charge in [0.25, 0.3) is 0 Å². The Kier molecular flexibility index (Phi) is 2.23. The van der Waals surface area contributed by atoms with E-state index in [0.717, 1.165) is 0 Å². The van der Waals surface area contributed by atoms with Crippen molar-refractivity contribution in [3.63, 3.8) is 0 Å². The third-order valence-electron chi connectivity index (χ3n) is 1.27. The van der Waals surface area contributed by atoms with Gasteiger partial charge in [-0.15, -0.1) is 0 Å². The highest BCUT2D eigenvalue weighted by atomic mass is 127. The monoisotopic (exact) mass is 238 g/mol. The van der Waals surface area contributed by atoms with Crippen LogP contribution in [0.5, 0.6) is 0 Å². The normalized spacial score (nSPS) is 28.0. The van der Waals surface area contributed by atoms with Crippen molar-refractivity contribution in [3.05, 3.63) is 9.66 Å². The summed E-state index contributed by atoms with van der Waals surface area (Å²) in [5, 5.41) is 8.96. The lowest BCUT2D eigenvalue weighted by Crippen LogP contribution is -2.13. The summed E-state index contributed by atoms with van der Waals surface area (Å²) >= 11 is 1.95. The van der Waals surface area contributed by atoms with Crippen LogP contribution in [-0.2, 0) is 4.79 Å². The maximum atomic E-state index is 10.8. The first kappa shape index (κ1) is 7.21. The number of aliphatic hydroxyl groups excluding tert-OH is 1. The molecule has 50 valence electrons. The van der Waals surface area contributed by atoms with Crippen LogP contribution < -0.4 is 0 Å². The van der Waals surface area contributed by atoms with Crippen LogP contribution in [0.3, 0.4) is 0 Å². The van der Waals surface area contributed by atoms with E-state index in [-0.39, 0.29) is 5.78 Å². The second-order valence-electron chi connectivity index (χ2n) is 2.04. The molecule has 1 unspecified atom stereocenters. The average Bonchev–Trinajstić information content (AvgIpc) is 1.80. The van der Waals surface area contributed by atoms with Gasteiger partial charge in [-0.25, -0.2) is 0 Å². The van der Waals surface area contributed by atoms with Crippen LogP contribution in [0, 0.1) is 0 Å². The maximum absolute atomic E-state index is 10.8. The van der Waals surface area contributed by atoms with Gasteiger partial charge < -0.3 is 5.11 Å². The zero-order valence-electron chi connectivity index (χ0n) is 4.80. The number of ketones is 1. The van der Waals surface area contributed by atoms with Crippen LogP contribution in [0.1, 0.15) is 12.8 Å². The molecule has 0 saturated carbocycles. The highest BCUT2D eigenvalue weighted by Crippen LogP contribution is 2.19. The van der Waals surface area contributed by atoms with Gasteiger partial charge in [-0.3, -0.25) is 4.79 Å². The Labute approximate surface area is 67.1 Å². The third kappa shape index (κ3) is 1.76. The van der Waals surface area contributed by atoms with Gasteiger partial charge in [0.2, 0.25) is 0 Å². The molecular formula is C6H7IO2. The Balaban J connectivity index is 2.72. The fourth-order valence-corrected chi connectivity index (χ4v) is 1.43.